The van der Waals surface area contributed by atoms with E-state index in [4.69, 9.17) is 0 Å². The van der Waals surface area contributed by atoms with Gasteiger partial charge in [-0.1, -0.05) is 61.9 Å². The minimum Gasteiger partial charge on any atom is -0.361 e. The molecular formula is C31H34N4O2. The second-order valence-corrected chi connectivity index (χ2v) is 9.80. The molecule has 1 saturated heterocycles. The predicted octanol–water partition coefficient (Wildman–Crippen LogP) is 5.96. The third-order valence-electron chi connectivity index (χ3n) is 7.17. The van der Waals surface area contributed by atoms with Gasteiger partial charge in [0.1, 0.15) is 0 Å². The summed E-state index contributed by atoms with van der Waals surface area (Å²) in [6, 6.07) is 23.6. The number of benzene rings is 3. The van der Waals surface area contributed by atoms with Crippen LogP contribution in [0.15, 0.2) is 79.0 Å². The quantitative estimate of drug-likeness (QED) is 0.338. The van der Waals surface area contributed by atoms with Crippen molar-refractivity contribution < 1.29 is 9.59 Å². The lowest BCUT2D eigenvalue weighted by atomic mass is 10.0. The SMILES string of the molecule is CC[C@@H](NC(=O)c1ccc2c(c1)NC(=O)/C2=C\Nc1ccc(CN2CCCCC2)cc1)c1ccccc1. The molecule has 0 aromatic heterocycles. The summed E-state index contributed by atoms with van der Waals surface area (Å²) in [5.74, 6) is -0.342. The molecule has 0 bridgehead atoms. The van der Waals surface area contributed by atoms with Crippen LogP contribution in [0.5, 0.6) is 0 Å². The molecule has 2 amide bonds. The number of anilines is 2. The molecule has 1 atom stereocenters. The van der Waals surface area contributed by atoms with Crippen molar-refractivity contribution >= 4 is 28.8 Å². The first kappa shape index (κ1) is 24.8. The standard InChI is InChI=1S/C31H34N4O2/c1-2-28(23-9-5-3-6-10-23)33-30(36)24-13-16-26-27(31(37)34-29(26)19-24)20-32-25-14-11-22(12-15-25)21-35-17-7-4-8-18-35/h3,5-6,9-16,19-20,28,32H,2,4,7-8,17-18,21H2,1H3,(H,33,36)(H,34,37)/b27-20-/t28-/m1/s1. The van der Waals surface area contributed by atoms with Gasteiger partial charge in [-0.15, -0.1) is 0 Å². The summed E-state index contributed by atoms with van der Waals surface area (Å²) >= 11 is 0. The van der Waals surface area contributed by atoms with E-state index < -0.39 is 0 Å². The lowest BCUT2D eigenvalue weighted by molar-refractivity contribution is -0.110. The van der Waals surface area contributed by atoms with E-state index in [-0.39, 0.29) is 17.9 Å². The van der Waals surface area contributed by atoms with Crippen LogP contribution in [0.4, 0.5) is 11.4 Å². The molecule has 2 aliphatic heterocycles. The molecule has 5 rings (SSSR count). The van der Waals surface area contributed by atoms with E-state index in [2.05, 4.69) is 45.1 Å². The van der Waals surface area contributed by atoms with Gasteiger partial charge in [0.25, 0.3) is 11.8 Å². The van der Waals surface area contributed by atoms with Gasteiger partial charge in [-0.05, 0) is 67.7 Å². The fraction of sp³-hybridized carbons (Fsp3) is 0.290. The van der Waals surface area contributed by atoms with Gasteiger partial charge in [0.2, 0.25) is 0 Å². The molecule has 1 fully saturated rings. The zero-order chi connectivity index (χ0) is 25.6. The maximum atomic E-state index is 13.0. The van der Waals surface area contributed by atoms with Gasteiger partial charge in [-0.2, -0.15) is 0 Å². The Bertz CT molecular complexity index is 1280. The Morgan fingerprint density at radius 2 is 1.76 bits per heavy atom. The van der Waals surface area contributed by atoms with Gasteiger partial charge in [-0.3, -0.25) is 14.5 Å². The van der Waals surface area contributed by atoms with Crippen molar-refractivity contribution in [1.29, 1.82) is 0 Å². The fourth-order valence-corrected chi connectivity index (χ4v) is 5.06. The highest BCUT2D eigenvalue weighted by Crippen LogP contribution is 2.33. The number of piperidine rings is 1. The smallest absolute Gasteiger partial charge is 0.257 e. The first-order chi connectivity index (χ1) is 18.1. The van der Waals surface area contributed by atoms with Crippen LogP contribution in [-0.4, -0.2) is 29.8 Å². The fourth-order valence-electron chi connectivity index (χ4n) is 5.06. The van der Waals surface area contributed by atoms with Gasteiger partial charge in [0.05, 0.1) is 11.6 Å². The summed E-state index contributed by atoms with van der Waals surface area (Å²) < 4.78 is 0. The van der Waals surface area contributed by atoms with Crippen molar-refractivity contribution in [2.75, 3.05) is 23.7 Å². The zero-order valence-electron chi connectivity index (χ0n) is 21.3. The molecule has 0 saturated carbocycles. The van der Waals surface area contributed by atoms with Crippen LogP contribution in [0.25, 0.3) is 5.57 Å². The molecule has 0 spiro atoms. The average molecular weight is 495 g/mol. The number of carbonyl (C=O) groups is 2. The van der Waals surface area contributed by atoms with Gasteiger partial charge < -0.3 is 16.0 Å². The highest BCUT2D eigenvalue weighted by molar-refractivity contribution is 6.32. The zero-order valence-corrected chi connectivity index (χ0v) is 21.3. The normalized spacial score (nSPS) is 17.2. The molecular weight excluding hydrogens is 460 g/mol. The van der Waals surface area contributed by atoms with Crippen LogP contribution in [0.3, 0.4) is 0 Å². The molecule has 37 heavy (non-hydrogen) atoms. The van der Waals surface area contributed by atoms with E-state index in [9.17, 15) is 9.59 Å². The predicted molar refractivity (Wildman–Crippen MR) is 149 cm³/mol. The molecule has 2 aliphatic rings. The third kappa shape index (κ3) is 5.92. The van der Waals surface area contributed by atoms with Crippen molar-refractivity contribution in [2.24, 2.45) is 0 Å². The first-order valence-electron chi connectivity index (χ1n) is 13.2. The van der Waals surface area contributed by atoms with Gasteiger partial charge >= 0.3 is 0 Å². The van der Waals surface area contributed by atoms with Gasteiger partial charge in [-0.25, -0.2) is 0 Å². The summed E-state index contributed by atoms with van der Waals surface area (Å²) in [6.07, 6.45) is 6.44. The number of likely N-dealkylation sites (tertiary alicyclic amines) is 1. The Morgan fingerprint density at radius 1 is 1.00 bits per heavy atom. The monoisotopic (exact) mass is 494 g/mol. The number of hydrogen-bond donors (Lipinski definition) is 3. The Labute approximate surface area is 218 Å². The Kier molecular flexibility index (Phi) is 7.66. The maximum Gasteiger partial charge on any atom is 0.257 e. The molecule has 0 aliphatic carbocycles. The summed E-state index contributed by atoms with van der Waals surface area (Å²) in [4.78, 5) is 28.2. The molecule has 2 heterocycles. The van der Waals surface area contributed by atoms with Crippen molar-refractivity contribution in [1.82, 2.24) is 10.2 Å². The van der Waals surface area contributed by atoms with Gasteiger partial charge in [0, 0.05) is 35.2 Å². The summed E-state index contributed by atoms with van der Waals surface area (Å²) in [5, 5.41) is 9.27. The number of hydrogen-bond acceptors (Lipinski definition) is 4. The molecule has 6 heteroatoms. The van der Waals surface area contributed by atoms with Crippen LogP contribution in [0.2, 0.25) is 0 Å². The Balaban J connectivity index is 1.24. The molecule has 3 N–H and O–H groups in total. The molecule has 0 radical (unpaired) electrons. The van der Waals surface area contributed by atoms with Crippen molar-refractivity contribution in [2.45, 2.75) is 45.2 Å². The average Bonchev–Trinajstić information content (AvgIpc) is 3.26. The molecule has 6 nitrogen and oxygen atoms in total. The lowest BCUT2D eigenvalue weighted by Gasteiger charge is -2.26. The minimum atomic E-state index is -0.183. The third-order valence-corrected chi connectivity index (χ3v) is 7.17. The number of fused-ring (bicyclic) bond motifs is 1. The number of carbonyl (C=O) groups excluding carboxylic acids is 2. The Hall–Kier alpha value is -3.90. The first-order valence-corrected chi connectivity index (χ1v) is 13.2. The van der Waals surface area contributed by atoms with E-state index in [1.165, 1.54) is 37.9 Å². The Morgan fingerprint density at radius 3 is 2.49 bits per heavy atom. The van der Waals surface area contributed by atoms with Gasteiger partial charge in [0.15, 0.2) is 0 Å². The van der Waals surface area contributed by atoms with E-state index in [1.807, 2.05) is 43.3 Å². The molecule has 190 valence electrons. The summed E-state index contributed by atoms with van der Waals surface area (Å²) in [6.45, 7) is 5.39. The highest BCUT2D eigenvalue weighted by atomic mass is 16.2. The summed E-state index contributed by atoms with van der Waals surface area (Å²) in [7, 11) is 0. The molecule has 3 aromatic rings. The number of amides is 2. The van der Waals surface area contributed by atoms with Crippen LogP contribution in [0, 0.1) is 0 Å². The maximum absolute atomic E-state index is 13.0. The van der Waals surface area contributed by atoms with E-state index >= 15 is 0 Å². The molecule has 0 unspecified atom stereocenters. The minimum absolute atomic E-state index is 0.0672. The van der Waals surface area contributed by atoms with Crippen LogP contribution >= 0.6 is 0 Å². The van der Waals surface area contributed by atoms with E-state index in [1.54, 1.807) is 18.3 Å². The second kappa shape index (κ2) is 11.4. The second-order valence-electron chi connectivity index (χ2n) is 9.80. The van der Waals surface area contributed by atoms with Crippen LogP contribution in [0.1, 0.15) is 65.7 Å². The topological polar surface area (TPSA) is 73.5 Å². The van der Waals surface area contributed by atoms with E-state index in [0.717, 1.165) is 29.8 Å². The van der Waals surface area contributed by atoms with Crippen LogP contribution < -0.4 is 16.0 Å². The largest absolute Gasteiger partial charge is 0.361 e. The van der Waals surface area contributed by atoms with E-state index in [0.29, 0.717) is 16.8 Å². The van der Waals surface area contributed by atoms with Crippen molar-refractivity contribution in [3.8, 4) is 0 Å². The number of nitrogens with one attached hydrogen (secondary N) is 3. The molecule has 3 aromatic carbocycles. The summed E-state index contributed by atoms with van der Waals surface area (Å²) in [5.41, 5.74) is 5.80. The lowest BCUT2D eigenvalue weighted by Crippen LogP contribution is -2.29. The van der Waals surface area contributed by atoms with Crippen LogP contribution in [-0.2, 0) is 11.3 Å². The van der Waals surface area contributed by atoms with Crippen molar-refractivity contribution in [3.63, 3.8) is 0 Å². The van der Waals surface area contributed by atoms with Crippen molar-refractivity contribution in [3.05, 3.63) is 101 Å². The number of rotatable bonds is 8. The number of nitrogens with zero attached hydrogens (tertiary/aromatic N) is 1. The highest BCUT2D eigenvalue weighted by Gasteiger charge is 2.25.